The molecule has 0 saturated heterocycles. The first-order valence-corrected chi connectivity index (χ1v) is 7.70. The molecule has 0 amide bonds. The maximum Gasteiger partial charge on any atom is 0.307 e. The number of benzene rings is 1. The molecule has 0 aliphatic heterocycles. The monoisotopic (exact) mass is 337 g/mol. The zero-order valence-electron chi connectivity index (χ0n) is 10.0. The summed E-state index contributed by atoms with van der Waals surface area (Å²) in [6.07, 6.45) is 5.38. The average molecular weight is 338 g/mol. The van der Waals surface area contributed by atoms with Crippen molar-refractivity contribution in [3.05, 3.63) is 39.8 Å². The largest absolute Gasteiger partial charge is 0.481 e. The molecule has 1 aromatic heterocycles. The summed E-state index contributed by atoms with van der Waals surface area (Å²) >= 11 is 5.05. The number of hydrogen-bond acceptors (Lipinski definition) is 3. The molecule has 2 atom stereocenters. The Balaban J connectivity index is 2.02. The zero-order chi connectivity index (χ0) is 13.4. The van der Waals surface area contributed by atoms with Crippen LogP contribution in [0.15, 0.2) is 34.8 Å². The van der Waals surface area contributed by atoms with Crippen LogP contribution >= 0.6 is 27.3 Å². The molecule has 3 rings (SSSR count). The molecule has 2 unspecified atom stereocenters. The molecule has 1 aliphatic rings. The summed E-state index contributed by atoms with van der Waals surface area (Å²) in [6.45, 7) is 0. The summed E-state index contributed by atoms with van der Waals surface area (Å²) < 4.78 is 2.12. The Kier molecular flexibility index (Phi) is 3.41. The van der Waals surface area contributed by atoms with Gasteiger partial charge in [-0.3, -0.25) is 4.79 Å². The molecule has 1 aromatic carbocycles. The number of aromatic nitrogens is 1. The molecule has 0 bridgehead atoms. The van der Waals surface area contributed by atoms with Crippen LogP contribution in [0.1, 0.15) is 23.8 Å². The van der Waals surface area contributed by atoms with Crippen molar-refractivity contribution in [2.75, 3.05) is 0 Å². The van der Waals surface area contributed by atoms with E-state index in [1.807, 2.05) is 24.3 Å². The Bertz CT molecular complexity index is 665. The first-order chi connectivity index (χ1) is 9.15. The minimum atomic E-state index is -0.727. The first-order valence-electron chi connectivity index (χ1n) is 6.09. The number of aliphatic carboxylic acids is 1. The summed E-state index contributed by atoms with van der Waals surface area (Å²) in [5, 5.41) is 10.3. The highest BCUT2D eigenvalue weighted by Crippen LogP contribution is 2.39. The number of hydrogen-bond donors (Lipinski definition) is 1. The Hall–Kier alpha value is -1.20. The van der Waals surface area contributed by atoms with Gasteiger partial charge in [0.25, 0.3) is 0 Å². The van der Waals surface area contributed by atoms with E-state index in [1.165, 1.54) is 0 Å². The van der Waals surface area contributed by atoms with Crippen LogP contribution in [0.2, 0.25) is 0 Å². The molecule has 3 nitrogen and oxygen atoms in total. The number of thiazole rings is 1. The maximum absolute atomic E-state index is 11.3. The van der Waals surface area contributed by atoms with Gasteiger partial charge in [-0.25, -0.2) is 4.98 Å². The van der Waals surface area contributed by atoms with Crippen LogP contribution in [-0.4, -0.2) is 16.1 Å². The molecule has 1 aliphatic carbocycles. The van der Waals surface area contributed by atoms with Crippen molar-refractivity contribution < 1.29 is 9.90 Å². The minimum Gasteiger partial charge on any atom is -0.481 e. The van der Waals surface area contributed by atoms with Crippen molar-refractivity contribution >= 4 is 43.5 Å². The Morgan fingerprint density at radius 2 is 2.16 bits per heavy atom. The van der Waals surface area contributed by atoms with Gasteiger partial charge in [0.15, 0.2) is 0 Å². The van der Waals surface area contributed by atoms with Crippen molar-refractivity contribution in [3.63, 3.8) is 0 Å². The lowest BCUT2D eigenvalue weighted by atomic mass is 9.83. The van der Waals surface area contributed by atoms with Crippen LogP contribution in [0.5, 0.6) is 0 Å². The minimum absolute atomic E-state index is 0.00123. The van der Waals surface area contributed by atoms with Gasteiger partial charge >= 0.3 is 5.97 Å². The van der Waals surface area contributed by atoms with E-state index < -0.39 is 5.97 Å². The van der Waals surface area contributed by atoms with E-state index in [-0.39, 0.29) is 11.8 Å². The second-order valence-electron chi connectivity index (χ2n) is 4.66. The van der Waals surface area contributed by atoms with Crippen LogP contribution < -0.4 is 0 Å². The van der Waals surface area contributed by atoms with E-state index in [9.17, 15) is 9.90 Å². The second kappa shape index (κ2) is 5.06. The molecule has 0 spiro atoms. The molecule has 0 saturated carbocycles. The van der Waals surface area contributed by atoms with Crippen LogP contribution in [0.3, 0.4) is 0 Å². The van der Waals surface area contributed by atoms with Crippen LogP contribution in [0.25, 0.3) is 10.2 Å². The van der Waals surface area contributed by atoms with Gasteiger partial charge < -0.3 is 5.11 Å². The molecule has 19 heavy (non-hydrogen) atoms. The number of nitrogens with zero attached hydrogens (tertiary/aromatic N) is 1. The molecule has 98 valence electrons. The fraction of sp³-hybridized carbons (Fsp3) is 0.286. The highest BCUT2D eigenvalue weighted by atomic mass is 79.9. The Morgan fingerprint density at radius 3 is 2.95 bits per heavy atom. The lowest BCUT2D eigenvalue weighted by molar-refractivity contribution is -0.142. The molecule has 0 fully saturated rings. The number of carboxylic acid groups (broad SMARTS) is 1. The van der Waals surface area contributed by atoms with Crippen molar-refractivity contribution in [1.29, 1.82) is 0 Å². The van der Waals surface area contributed by atoms with Crippen molar-refractivity contribution in [3.8, 4) is 0 Å². The van der Waals surface area contributed by atoms with Crippen molar-refractivity contribution in [1.82, 2.24) is 4.98 Å². The average Bonchev–Trinajstić information content (AvgIpc) is 2.81. The third-order valence-corrected chi connectivity index (χ3v) is 5.08. The molecular formula is C14H12BrNO2S. The molecular weight excluding hydrogens is 326 g/mol. The highest BCUT2D eigenvalue weighted by Gasteiger charge is 2.32. The predicted molar refractivity (Wildman–Crippen MR) is 79.6 cm³/mol. The number of rotatable bonds is 2. The van der Waals surface area contributed by atoms with Crippen molar-refractivity contribution in [2.24, 2.45) is 5.92 Å². The third kappa shape index (κ3) is 2.44. The van der Waals surface area contributed by atoms with Gasteiger partial charge in [-0.2, -0.15) is 0 Å². The Labute approximate surface area is 123 Å². The summed E-state index contributed by atoms with van der Waals surface area (Å²) in [4.78, 5) is 16.0. The number of fused-ring (bicyclic) bond motifs is 1. The molecule has 1 heterocycles. The molecule has 1 N–H and O–H groups in total. The standard InChI is InChI=1S/C14H12BrNO2S/c15-8-5-6-11-12(7-8)19-13(16-11)9-3-1-2-4-10(9)14(17)18/h1-2,5-7,9-10H,3-4H2,(H,17,18). The summed E-state index contributed by atoms with van der Waals surface area (Å²) in [7, 11) is 0. The van der Waals surface area contributed by atoms with E-state index in [0.29, 0.717) is 6.42 Å². The fourth-order valence-corrected chi connectivity index (χ4v) is 4.13. The summed E-state index contributed by atoms with van der Waals surface area (Å²) in [5.41, 5.74) is 0.946. The summed E-state index contributed by atoms with van der Waals surface area (Å²) in [5.74, 6) is -1.08. The number of carboxylic acids is 1. The smallest absolute Gasteiger partial charge is 0.307 e. The van der Waals surface area contributed by atoms with Gasteiger partial charge in [-0.05, 0) is 31.0 Å². The first kappa shape index (κ1) is 12.8. The van der Waals surface area contributed by atoms with Gasteiger partial charge in [-0.1, -0.05) is 28.1 Å². The number of halogens is 1. The van der Waals surface area contributed by atoms with Gasteiger partial charge in [-0.15, -0.1) is 11.3 Å². The normalized spacial score (nSPS) is 22.8. The lowest BCUT2D eigenvalue weighted by Crippen LogP contribution is -2.23. The zero-order valence-corrected chi connectivity index (χ0v) is 12.4. The Morgan fingerprint density at radius 1 is 1.37 bits per heavy atom. The highest BCUT2D eigenvalue weighted by molar-refractivity contribution is 9.10. The van der Waals surface area contributed by atoms with Crippen LogP contribution in [0, 0.1) is 5.92 Å². The molecule has 2 aromatic rings. The van der Waals surface area contributed by atoms with Gasteiger partial charge in [0, 0.05) is 10.4 Å². The number of allylic oxidation sites excluding steroid dienone is 2. The molecule has 0 radical (unpaired) electrons. The van der Waals surface area contributed by atoms with Gasteiger partial charge in [0.1, 0.15) is 0 Å². The number of carbonyl (C=O) groups is 1. The maximum atomic E-state index is 11.3. The topological polar surface area (TPSA) is 50.2 Å². The fourth-order valence-electron chi connectivity index (χ4n) is 2.43. The van der Waals surface area contributed by atoms with E-state index in [1.54, 1.807) is 11.3 Å². The lowest BCUT2D eigenvalue weighted by Gasteiger charge is -2.22. The third-order valence-electron chi connectivity index (χ3n) is 3.43. The van der Waals surface area contributed by atoms with Crippen molar-refractivity contribution in [2.45, 2.75) is 18.8 Å². The van der Waals surface area contributed by atoms with E-state index >= 15 is 0 Å². The van der Waals surface area contributed by atoms with Gasteiger partial charge in [0.05, 0.1) is 21.1 Å². The SMILES string of the molecule is O=C(O)C1CC=CCC1c1nc2ccc(Br)cc2s1. The molecule has 5 heteroatoms. The summed E-state index contributed by atoms with van der Waals surface area (Å²) in [6, 6.07) is 5.96. The second-order valence-corrected chi connectivity index (χ2v) is 6.64. The van der Waals surface area contributed by atoms with Crippen LogP contribution in [0.4, 0.5) is 0 Å². The van der Waals surface area contributed by atoms with E-state index in [0.717, 1.165) is 26.1 Å². The van der Waals surface area contributed by atoms with Gasteiger partial charge in [0.2, 0.25) is 0 Å². The van der Waals surface area contributed by atoms with E-state index in [2.05, 4.69) is 27.0 Å². The quantitative estimate of drug-likeness (QED) is 0.835. The predicted octanol–water partition coefficient (Wildman–Crippen LogP) is 4.19. The van der Waals surface area contributed by atoms with Crippen LogP contribution in [-0.2, 0) is 4.79 Å². The van der Waals surface area contributed by atoms with E-state index in [4.69, 9.17) is 0 Å².